The minimum Gasteiger partial charge on any atom is -0.352 e. The molecule has 0 saturated heterocycles. The molecule has 0 radical (unpaired) electrons. The van der Waals surface area contributed by atoms with Gasteiger partial charge in [-0.05, 0) is 37.0 Å². The number of hydrogen-bond donors (Lipinski definition) is 1. The molecule has 1 amide bonds. The van der Waals surface area contributed by atoms with E-state index in [4.69, 9.17) is 11.6 Å². The lowest BCUT2D eigenvalue weighted by atomic mass is 9.86. The predicted molar refractivity (Wildman–Crippen MR) is 96.7 cm³/mol. The van der Waals surface area contributed by atoms with Crippen LogP contribution in [0, 0.1) is 5.92 Å². The summed E-state index contributed by atoms with van der Waals surface area (Å²) in [6.07, 6.45) is 6.38. The third kappa shape index (κ3) is 4.30. The molecule has 24 heavy (non-hydrogen) atoms. The number of nitrogens with zero attached hydrogens (tertiary/aromatic N) is 3. The van der Waals surface area contributed by atoms with Crippen LogP contribution in [0.15, 0.2) is 35.7 Å². The summed E-state index contributed by atoms with van der Waals surface area (Å²) in [5.41, 5.74) is 0.885. The molecule has 0 spiro atoms. The second-order valence-corrected chi connectivity index (χ2v) is 7.57. The molecule has 1 saturated carbocycles. The smallest absolute Gasteiger partial charge is 0.230 e. The predicted octanol–water partition coefficient (Wildman–Crippen LogP) is 3.71. The number of aromatic nitrogens is 3. The Bertz CT molecular complexity index is 705. The van der Waals surface area contributed by atoms with E-state index in [0.29, 0.717) is 27.9 Å². The normalized spacial score (nSPS) is 20.8. The molecule has 1 fully saturated rings. The second kappa shape index (κ2) is 8.03. The third-order valence-electron chi connectivity index (χ3n) is 4.39. The van der Waals surface area contributed by atoms with Crippen LogP contribution in [0.4, 0.5) is 0 Å². The van der Waals surface area contributed by atoms with Crippen molar-refractivity contribution >= 4 is 29.3 Å². The number of amides is 1. The monoisotopic (exact) mass is 364 g/mol. The minimum absolute atomic E-state index is 0.0550. The highest BCUT2D eigenvalue weighted by Crippen LogP contribution is 2.25. The second-order valence-electron chi connectivity index (χ2n) is 6.19. The molecule has 0 bridgehead atoms. The number of rotatable bonds is 5. The zero-order valence-electron chi connectivity index (χ0n) is 13.6. The van der Waals surface area contributed by atoms with Gasteiger partial charge in [-0.2, -0.15) is 0 Å². The summed E-state index contributed by atoms with van der Waals surface area (Å²) in [4.78, 5) is 12.2. The summed E-state index contributed by atoms with van der Waals surface area (Å²) in [5, 5.41) is 12.6. The van der Waals surface area contributed by atoms with Gasteiger partial charge in [0.1, 0.15) is 6.33 Å². The van der Waals surface area contributed by atoms with Gasteiger partial charge in [0.15, 0.2) is 5.16 Å². The van der Waals surface area contributed by atoms with Crippen LogP contribution in [0.3, 0.4) is 0 Å². The average Bonchev–Trinajstić information content (AvgIpc) is 3.04. The zero-order valence-corrected chi connectivity index (χ0v) is 15.2. The molecular weight excluding hydrogens is 344 g/mol. The van der Waals surface area contributed by atoms with Crippen molar-refractivity contribution in [2.24, 2.45) is 5.92 Å². The van der Waals surface area contributed by atoms with Crippen molar-refractivity contribution in [3.8, 4) is 5.69 Å². The van der Waals surface area contributed by atoms with Crippen molar-refractivity contribution in [3.63, 3.8) is 0 Å². The van der Waals surface area contributed by atoms with Gasteiger partial charge in [0, 0.05) is 11.1 Å². The van der Waals surface area contributed by atoms with Gasteiger partial charge in [0.05, 0.1) is 11.4 Å². The number of halogens is 1. The maximum atomic E-state index is 12.2. The molecular formula is C17H21ClN4OS. The van der Waals surface area contributed by atoms with Crippen LogP contribution < -0.4 is 5.32 Å². The van der Waals surface area contributed by atoms with E-state index in [0.717, 1.165) is 12.1 Å². The molecule has 128 valence electrons. The highest BCUT2D eigenvalue weighted by atomic mass is 35.5. The van der Waals surface area contributed by atoms with Crippen molar-refractivity contribution in [2.45, 2.75) is 43.8 Å². The lowest BCUT2D eigenvalue weighted by Gasteiger charge is -2.29. The summed E-state index contributed by atoms with van der Waals surface area (Å²) in [5.74, 6) is 0.949. The Morgan fingerprint density at radius 2 is 2.25 bits per heavy atom. The average molecular weight is 365 g/mol. The maximum Gasteiger partial charge on any atom is 0.230 e. The first-order valence-electron chi connectivity index (χ1n) is 8.21. The zero-order chi connectivity index (χ0) is 16.9. The Kier molecular flexibility index (Phi) is 5.79. The Hall–Kier alpha value is -1.53. The largest absolute Gasteiger partial charge is 0.352 e. The first-order chi connectivity index (χ1) is 11.6. The molecule has 1 aromatic heterocycles. The molecule has 3 rings (SSSR count). The SMILES string of the molecule is CC1CCCCC1NC(=O)CSc1nncn1-c1cccc(Cl)c1. The molecule has 1 aliphatic carbocycles. The summed E-state index contributed by atoms with van der Waals surface area (Å²) in [6.45, 7) is 2.22. The fourth-order valence-corrected chi connectivity index (χ4v) is 3.96. The Morgan fingerprint density at radius 1 is 1.42 bits per heavy atom. The van der Waals surface area contributed by atoms with Crippen LogP contribution in [0.1, 0.15) is 32.6 Å². The van der Waals surface area contributed by atoms with Crippen LogP contribution in [-0.2, 0) is 4.79 Å². The molecule has 1 heterocycles. The Labute approximate surface area is 151 Å². The van der Waals surface area contributed by atoms with Gasteiger partial charge in [-0.25, -0.2) is 0 Å². The number of nitrogens with one attached hydrogen (secondary N) is 1. The topological polar surface area (TPSA) is 59.8 Å². The summed E-state index contributed by atoms with van der Waals surface area (Å²) in [6, 6.07) is 7.78. The summed E-state index contributed by atoms with van der Waals surface area (Å²) < 4.78 is 1.84. The molecule has 2 aromatic rings. The molecule has 7 heteroatoms. The number of hydrogen-bond acceptors (Lipinski definition) is 4. The van der Waals surface area contributed by atoms with E-state index >= 15 is 0 Å². The Morgan fingerprint density at radius 3 is 3.04 bits per heavy atom. The quantitative estimate of drug-likeness (QED) is 0.821. The fourth-order valence-electron chi connectivity index (χ4n) is 3.04. The van der Waals surface area contributed by atoms with Crippen LogP contribution >= 0.6 is 23.4 Å². The standard InChI is InChI=1S/C17H21ClN4OS/c1-12-5-2-3-8-15(12)20-16(23)10-24-17-21-19-11-22(17)14-7-4-6-13(18)9-14/h4,6-7,9,11-12,15H,2-3,5,8,10H2,1H3,(H,20,23). The van der Waals surface area contributed by atoms with Gasteiger partial charge in [-0.15, -0.1) is 10.2 Å². The van der Waals surface area contributed by atoms with E-state index in [-0.39, 0.29) is 5.91 Å². The minimum atomic E-state index is 0.0550. The number of carbonyl (C=O) groups is 1. The van der Waals surface area contributed by atoms with Gasteiger partial charge in [0.25, 0.3) is 0 Å². The Balaban J connectivity index is 1.59. The van der Waals surface area contributed by atoms with Crippen LogP contribution in [0.25, 0.3) is 5.69 Å². The molecule has 1 N–H and O–H groups in total. The molecule has 0 aliphatic heterocycles. The molecule has 2 unspecified atom stereocenters. The number of benzene rings is 1. The van der Waals surface area contributed by atoms with Gasteiger partial charge in [0.2, 0.25) is 5.91 Å². The molecule has 1 aromatic carbocycles. The van der Waals surface area contributed by atoms with Crippen LogP contribution in [0.2, 0.25) is 5.02 Å². The van der Waals surface area contributed by atoms with E-state index in [2.05, 4.69) is 22.4 Å². The van der Waals surface area contributed by atoms with Gasteiger partial charge >= 0.3 is 0 Å². The molecule has 2 atom stereocenters. The fraction of sp³-hybridized carbons (Fsp3) is 0.471. The third-order valence-corrected chi connectivity index (χ3v) is 5.57. The first kappa shape index (κ1) is 17.3. The van der Waals surface area contributed by atoms with Crippen molar-refractivity contribution in [1.82, 2.24) is 20.1 Å². The van der Waals surface area contributed by atoms with Crippen LogP contribution in [-0.4, -0.2) is 32.5 Å². The number of carbonyl (C=O) groups excluding carboxylic acids is 1. The lowest BCUT2D eigenvalue weighted by molar-refractivity contribution is -0.119. The highest BCUT2D eigenvalue weighted by molar-refractivity contribution is 7.99. The van der Waals surface area contributed by atoms with Crippen molar-refractivity contribution < 1.29 is 4.79 Å². The summed E-state index contributed by atoms with van der Waals surface area (Å²) >= 11 is 7.43. The summed E-state index contributed by atoms with van der Waals surface area (Å²) in [7, 11) is 0. The van der Waals surface area contributed by atoms with Crippen molar-refractivity contribution in [2.75, 3.05) is 5.75 Å². The molecule has 5 nitrogen and oxygen atoms in total. The van der Waals surface area contributed by atoms with Crippen molar-refractivity contribution in [1.29, 1.82) is 0 Å². The van der Waals surface area contributed by atoms with Gasteiger partial charge < -0.3 is 5.32 Å². The van der Waals surface area contributed by atoms with E-state index in [1.165, 1.54) is 31.0 Å². The first-order valence-corrected chi connectivity index (χ1v) is 9.58. The van der Waals surface area contributed by atoms with E-state index in [1.807, 2.05) is 28.8 Å². The highest BCUT2D eigenvalue weighted by Gasteiger charge is 2.23. The van der Waals surface area contributed by atoms with Crippen LogP contribution in [0.5, 0.6) is 0 Å². The van der Waals surface area contributed by atoms with E-state index in [1.54, 1.807) is 6.33 Å². The van der Waals surface area contributed by atoms with Crippen molar-refractivity contribution in [3.05, 3.63) is 35.6 Å². The molecule has 1 aliphatic rings. The van der Waals surface area contributed by atoms with E-state index in [9.17, 15) is 4.79 Å². The van der Waals surface area contributed by atoms with Gasteiger partial charge in [-0.3, -0.25) is 9.36 Å². The lowest BCUT2D eigenvalue weighted by Crippen LogP contribution is -2.41. The maximum absolute atomic E-state index is 12.2. The van der Waals surface area contributed by atoms with Gasteiger partial charge in [-0.1, -0.05) is 49.2 Å². The van der Waals surface area contributed by atoms with E-state index < -0.39 is 0 Å². The number of thioether (sulfide) groups is 1.